The van der Waals surface area contributed by atoms with Crippen LogP contribution in [-0.4, -0.2) is 10.7 Å². The Bertz CT molecular complexity index is 792. The third kappa shape index (κ3) is 3.72. The highest BCUT2D eigenvalue weighted by Gasteiger charge is 2.11. The summed E-state index contributed by atoms with van der Waals surface area (Å²) in [6.45, 7) is 4.13. The van der Waals surface area contributed by atoms with Crippen molar-refractivity contribution in [2.45, 2.75) is 19.9 Å². The molecule has 0 saturated heterocycles. The van der Waals surface area contributed by atoms with Crippen molar-refractivity contribution < 1.29 is 0 Å². The summed E-state index contributed by atoms with van der Waals surface area (Å²) in [5, 5.41) is 0. The molecule has 2 heteroatoms. The van der Waals surface area contributed by atoms with Gasteiger partial charge in [0.05, 0.1) is 17.4 Å². The molecule has 0 aliphatic heterocycles. The fourth-order valence-corrected chi connectivity index (χ4v) is 2.56. The van der Waals surface area contributed by atoms with Gasteiger partial charge >= 0.3 is 0 Å². The fraction of sp³-hybridized carbons (Fsp3) is 0.143. The molecule has 3 rings (SSSR count). The minimum absolute atomic E-state index is 0.0775. The second-order valence-electron chi connectivity index (χ2n) is 5.59. The van der Waals surface area contributed by atoms with Crippen molar-refractivity contribution in [2.75, 3.05) is 0 Å². The molecule has 0 N–H and O–H groups in total. The lowest BCUT2D eigenvalue weighted by Gasteiger charge is -2.12. The van der Waals surface area contributed by atoms with E-state index in [1.165, 1.54) is 5.56 Å². The van der Waals surface area contributed by atoms with Gasteiger partial charge < -0.3 is 0 Å². The first-order chi connectivity index (χ1) is 11.2. The average molecular weight is 300 g/mol. The van der Waals surface area contributed by atoms with Crippen molar-refractivity contribution >= 4 is 5.71 Å². The van der Waals surface area contributed by atoms with E-state index < -0.39 is 0 Å². The molecular weight excluding hydrogens is 280 g/mol. The van der Waals surface area contributed by atoms with Gasteiger partial charge in [-0.25, -0.2) is 0 Å². The van der Waals surface area contributed by atoms with Crippen LogP contribution in [0.15, 0.2) is 83.9 Å². The lowest BCUT2D eigenvalue weighted by Crippen LogP contribution is -2.08. The van der Waals surface area contributed by atoms with E-state index in [0.717, 1.165) is 22.7 Å². The molecule has 2 nitrogen and oxygen atoms in total. The van der Waals surface area contributed by atoms with Crippen LogP contribution in [0, 0.1) is 6.92 Å². The molecule has 0 amide bonds. The highest BCUT2D eigenvalue weighted by atomic mass is 14.8. The molecule has 2 aromatic carbocycles. The number of hydrogen-bond donors (Lipinski definition) is 0. The molecular formula is C21H20N2. The number of pyridine rings is 1. The third-order valence-corrected chi connectivity index (χ3v) is 3.78. The molecule has 1 atom stereocenters. The van der Waals surface area contributed by atoms with Crippen molar-refractivity contribution in [3.8, 4) is 0 Å². The second-order valence-corrected chi connectivity index (χ2v) is 5.59. The maximum absolute atomic E-state index is 4.98. The van der Waals surface area contributed by atoms with E-state index in [1.54, 1.807) is 0 Å². The highest BCUT2D eigenvalue weighted by Crippen LogP contribution is 2.20. The second kappa shape index (κ2) is 7.01. The largest absolute Gasteiger partial charge is 0.275 e. The van der Waals surface area contributed by atoms with E-state index in [1.807, 2.05) is 49.4 Å². The predicted molar refractivity (Wildman–Crippen MR) is 95.9 cm³/mol. The molecule has 0 radical (unpaired) electrons. The Morgan fingerprint density at radius 2 is 1.48 bits per heavy atom. The number of aliphatic imine (C=N–C) groups is 1. The molecule has 0 unspecified atom stereocenters. The molecule has 3 aromatic rings. The Hall–Kier alpha value is -2.74. The van der Waals surface area contributed by atoms with E-state index in [9.17, 15) is 0 Å². The summed E-state index contributed by atoms with van der Waals surface area (Å²) in [5.41, 5.74) is 5.14. The predicted octanol–water partition coefficient (Wildman–Crippen LogP) is 4.99. The smallest absolute Gasteiger partial charge is 0.0910 e. The first-order valence-electron chi connectivity index (χ1n) is 7.86. The molecule has 0 aliphatic rings. The van der Waals surface area contributed by atoms with Gasteiger partial charge in [0.15, 0.2) is 0 Å². The van der Waals surface area contributed by atoms with Crippen LogP contribution in [0.25, 0.3) is 0 Å². The lowest BCUT2D eigenvalue weighted by atomic mass is 10.0. The van der Waals surface area contributed by atoms with Crippen molar-refractivity contribution in [1.29, 1.82) is 0 Å². The molecule has 114 valence electrons. The van der Waals surface area contributed by atoms with Gasteiger partial charge in [0.2, 0.25) is 0 Å². The van der Waals surface area contributed by atoms with Crippen LogP contribution < -0.4 is 0 Å². The number of aryl methyl sites for hydroxylation is 1. The first-order valence-corrected chi connectivity index (χ1v) is 7.86. The van der Waals surface area contributed by atoms with Gasteiger partial charge in [0.25, 0.3) is 0 Å². The van der Waals surface area contributed by atoms with E-state index in [2.05, 4.69) is 48.3 Å². The van der Waals surface area contributed by atoms with Gasteiger partial charge in [-0.05, 0) is 31.5 Å². The van der Waals surface area contributed by atoms with Crippen LogP contribution in [-0.2, 0) is 0 Å². The Labute approximate surface area is 137 Å². The summed E-state index contributed by atoms with van der Waals surface area (Å²) < 4.78 is 0. The van der Waals surface area contributed by atoms with E-state index in [4.69, 9.17) is 4.99 Å². The maximum Gasteiger partial charge on any atom is 0.0910 e. The number of nitrogens with zero attached hydrogens (tertiary/aromatic N) is 2. The molecule has 1 heterocycles. The molecule has 23 heavy (non-hydrogen) atoms. The topological polar surface area (TPSA) is 25.2 Å². The zero-order valence-electron chi connectivity index (χ0n) is 13.5. The minimum atomic E-state index is 0.0775. The van der Waals surface area contributed by atoms with Gasteiger partial charge in [-0.1, -0.05) is 66.7 Å². The molecule has 0 saturated carbocycles. The average Bonchev–Trinajstić information content (AvgIpc) is 2.61. The van der Waals surface area contributed by atoms with E-state index in [-0.39, 0.29) is 6.04 Å². The standard InChI is InChI=1S/C21H20N2/c1-16-10-9-15-20(22-16)21(19-13-7-4-8-14-19)23-17(2)18-11-5-3-6-12-18/h3-15,17H,1-2H3/t17-/m0/s1. The van der Waals surface area contributed by atoms with Crippen LogP contribution in [0.4, 0.5) is 0 Å². The Kier molecular flexibility index (Phi) is 4.62. The van der Waals surface area contributed by atoms with Crippen molar-refractivity contribution in [3.05, 3.63) is 101 Å². The van der Waals surface area contributed by atoms with Gasteiger partial charge in [0, 0.05) is 11.3 Å². The quantitative estimate of drug-likeness (QED) is 0.623. The Morgan fingerprint density at radius 1 is 0.826 bits per heavy atom. The zero-order chi connectivity index (χ0) is 16.1. The summed E-state index contributed by atoms with van der Waals surface area (Å²) in [6, 6.07) is 26.7. The monoisotopic (exact) mass is 300 g/mol. The minimum Gasteiger partial charge on any atom is -0.275 e. The van der Waals surface area contributed by atoms with Crippen LogP contribution in [0.3, 0.4) is 0 Å². The Balaban J connectivity index is 2.07. The first kappa shape index (κ1) is 15.2. The van der Waals surface area contributed by atoms with Crippen LogP contribution in [0.2, 0.25) is 0 Å². The number of hydrogen-bond acceptors (Lipinski definition) is 2. The highest BCUT2D eigenvalue weighted by molar-refractivity contribution is 6.11. The zero-order valence-corrected chi connectivity index (χ0v) is 13.5. The molecule has 0 fully saturated rings. The van der Waals surface area contributed by atoms with E-state index in [0.29, 0.717) is 0 Å². The van der Waals surface area contributed by atoms with Gasteiger partial charge in [-0.15, -0.1) is 0 Å². The van der Waals surface area contributed by atoms with Crippen molar-refractivity contribution in [3.63, 3.8) is 0 Å². The summed E-state index contributed by atoms with van der Waals surface area (Å²) in [4.78, 5) is 9.65. The fourth-order valence-electron chi connectivity index (χ4n) is 2.56. The summed E-state index contributed by atoms with van der Waals surface area (Å²) in [5.74, 6) is 0. The van der Waals surface area contributed by atoms with Crippen LogP contribution in [0.5, 0.6) is 0 Å². The summed E-state index contributed by atoms with van der Waals surface area (Å²) in [7, 11) is 0. The normalized spacial score (nSPS) is 12.9. The molecule has 0 aliphatic carbocycles. The van der Waals surface area contributed by atoms with Gasteiger partial charge in [-0.3, -0.25) is 9.98 Å². The maximum atomic E-state index is 4.98. The number of benzene rings is 2. The van der Waals surface area contributed by atoms with Gasteiger partial charge in [0.1, 0.15) is 0 Å². The molecule has 0 spiro atoms. The van der Waals surface area contributed by atoms with Gasteiger partial charge in [-0.2, -0.15) is 0 Å². The molecule has 1 aromatic heterocycles. The number of rotatable bonds is 4. The van der Waals surface area contributed by atoms with Crippen molar-refractivity contribution in [1.82, 2.24) is 4.98 Å². The number of aromatic nitrogens is 1. The SMILES string of the molecule is Cc1cccc(C(=N[C@@H](C)c2ccccc2)c2ccccc2)n1. The van der Waals surface area contributed by atoms with Crippen molar-refractivity contribution in [2.24, 2.45) is 4.99 Å². The third-order valence-electron chi connectivity index (χ3n) is 3.78. The van der Waals surface area contributed by atoms with Crippen LogP contribution >= 0.6 is 0 Å². The van der Waals surface area contributed by atoms with Crippen LogP contribution in [0.1, 0.15) is 35.5 Å². The van der Waals surface area contributed by atoms with E-state index >= 15 is 0 Å². The lowest BCUT2D eigenvalue weighted by molar-refractivity contribution is 0.820. The Morgan fingerprint density at radius 3 is 2.13 bits per heavy atom. The summed E-state index contributed by atoms with van der Waals surface area (Å²) >= 11 is 0. The summed E-state index contributed by atoms with van der Waals surface area (Å²) in [6.07, 6.45) is 0. The molecule has 0 bridgehead atoms.